The summed E-state index contributed by atoms with van der Waals surface area (Å²) in [6, 6.07) is 6.15. The van der Waals surface area contributed by atoms with Gasteiger partial charge in [0.2, 0.25) is 0 Å². The van der Waals surface area contributed by atoms with Gasteiger partial charge < -0.3 is 9.64 Å². The quantitative estimate of drug-likeness (QED) is 0.549. The Bertz CT molecular complexity index is 502. The highest BCUT2D eigenvalue weighted by Crippen LogP contribution is 2.19. The van der Waals surface area contributed by atoms with Gasteiger partial charge in [-0.2, -0.15) is 13.2 Å². The maximum Gasteiger partial charge on any atom is 0.406 e. The maximum atomic E-state index is 12.5. The Hall–Kier alpha value is -1.32. The topological polar surface area (TPSA) is 46.6 Å². The number of carbonyl (C=O) groups excluding carboxylic acids is 2. The van der Waals surface area contributed by atoms with Crippen LogP contribution >= 0.6 is 22.6 Å². The van der Waals surface area contributed by atoms with Crippen molar-refractivity contribution in [3.63, 3.8) is 0 Å². The van der Waals surface area contributed by atoms with Gasteiger partial charge in [0.1, 0.15) is 6.54 Å². The van der Waals surface area contributed by atoms with Gasteiger partial charge in [0.25, 0.3) is 5.91 Å². The van der Waals surface area contributed by atoms with Crippen LogP contribution in [0.2, 0.25) is 0 Å². The van der Waals surface area contributed by atoms with Crippen molar-refractivity contribution in [3.8, 4) is 0 Å². The average molecular weight is 415 g/mol. The number of methoxy groups -OCH3 is 1. The SMILES string of the molecule is COC(=O)CCN(CC(F)(F)F)C(=O)c1ccc(I)cc1. The highest BCUT2D eigenvalue weighted by molar-refractivity contribution is 14.1. The largest absolute Gasteiger partial charge is 0.469 e. The Morgan fingerprint density at radius 2 is 1.81 bits per heavy atom. The van der Waals surface area contributed by atoms with Gasteiger partial charge in [0, 0.05) is 15.7 Å². The molecule has 0 saturated heterocycles. The van der Waals surface area contributed by atoms with E-state index < -0.39 is 24.6 Å². The summed E-state index contributed by atoms with van der Waals surface area (Å²) in [6.07, 6.45) is -4.82. The molecule has 1 amide bonds. The van der Waals surface area contributed by atoms with Crippen molar-refractivity contribution in [1.82, 2.24) is 4.90 Å². The lowest BCUT2D eigenvalue weighted by Crippen LogP contribution is -2.40. The van der Waals surface area contributed by atoms with E-state index in [0.29, 0.717) is 4.90 Å². The van der Waals surface area contributed by atoms with Crippen LogP contribution in [0, 0.1) is 3.57 Å². The maximum absolute atomic E-state index is 12.5. The molecule has 0 heterocycles. The Balaban J connectivity index is 2.86. The lowest BCUT2D eigenvalue weighted by Gasteiger charge is -2.23. The third kappa shape index (κ3) is 6.32. The molecular formula is C13H13F3INO3. The number of hydrogen-bond acceptors (Lipinski definition) is 3. The monoisotopic (exact) mass is 415 g/mol. The van der Waals surface area contributed by atoms with E-state index in [4.69, 9.17) is 0 Å². The predicted octanol–water partition coefficient (Wildman–Crippen LogP) is 2.86. The zero-order valence-corrected chi connectivity index (χ0v) is 13.3. The van der Waals surface area contributed by atoms with E-state index in [0.717, 1.165) is 10.7 Å². The first-order valence-electron chi connectivity index (χ1n) is 5.91. The fraction of sp³-hybridized carbons (Fsp3) is 0.385. The number of hydrogen-bond donors (Lipinski definition) is 0. The second-order valence-corrected chi connectivity index (χ2v) is 5.42. The fourth-order valence-corrected chi connectivity index (χ4v) is 1.93. The van der Waals surface area contributed by atoms with Gasteiger partial charge in [0.05, 0.1) is 13.5 Å². The zero-order valence-electron chi connectivity index (χ0n) is 11.1. The van der Waals surface area contributed by atoms with Crippen LogP contribution in [0.4, 0.5) is 13.2 Å². The minimum Gasteiger partial charge on any atom is -0.469 e. The number of esters is 1. The number of ether oxygens (including phenoxy) is 1. The highest BCUT2D eigenvalue weighted by Gasteiger charge is 2.33. The van der Waals surface area contributed by atoms with Gasteiger partial charge in [-0.15, -0.1) is 0 Å². The van der Waals surface area contributed by atoms with Crippen LogP contribution in [0.15, 0.2) is 24.3 Å². The summed E-state index contributed by atoms with van der Waals surface area (Å²) < 4.78 is 42.9. The zero-order chi connectivity index (χ0) is 16.0. The Labute approximate surface area is 133 Å². The number of rotatable bonds is 5. The van der Waals surface area contributed by atoms with Crippen molar-refractivity contribution in [2.45, 2.75) is 12.6 Å². The van der Waals surface area contributed by atoms with Crippen LogP contribution in [0.3, 0.4) is 0 Å². The molecule has 8 heteroatoms. The Kier molecular flexibility index (Phi) is 6.43. The fourth-order valence-electron chi connectivity index (χ4n) is 1.57. The molecule has 1 rings (SSSR count). The molecule has 1 aromatic rings. The lowest BCUT2D eigenvalue weighted by molar-refractivity contribution is -0.147. The minimum atomic E-state index is -4.53. The van der Waals surface area contributed by atoms with Crippen LogP contribution in [-0.2, 0) is 9.53 Å². The lowest BCUT2D eigenvalue weighted by atomic mass is 10.2. The van der Waals surface area contributed by atoms with Crippen molar-refractivity contribution >= 4 is 34.5 Å². The predicted molar refractivity (Wildman–Crippen MR) is 77.8 cm³/mol. The van der Waals surface area contributed by atoms with E-state index >= 15 is 0 Å². The van der Waals surface area contributed by atoms with Gasteiger partial charge >= 0.3 is 12.1 Å². The summed E-state index contributed by atoms with van der Waals surface area (Å²) in [5.41, 5.74) is 0.143. The molecule has 0 fully saturated rings. The average Bonchev–Trinajstić information content (AvgIpc) is 2.42. The molecule has 0 aliphatic carbocycles. The molecule has 0 aromatic heterocycles. The molecule has 21 heavy (non-hydrogen) atoms. The third-order valence-corrected chi connectivity index (χ3v) is 3.28. The molecule has 0 bridgehead atoms. The van der Waals surface area contributed by atoms with E-state index in [2.05, 4.69) is 4.74 Å². The number of benzene rings is 1. The molecule has 0 radical (unpaired) electrons. The van der Waals surface area contributed by atoms with Crippen LogP contribution in [0.5, 0.6) is 0 Å². The van der Waals surface area contributed by atoms with Crippen LogP contribution in [0.25, 0.3) is 0 Å². The molecule has 1 aromatic carbocycles. The Morgan fingerprint density at radius 1 is 1.24 bits per heavy atom. The molecule has 0 saturated carbocycles. The van der Waals surface area contributed by atoms with Crippen LogP contribution in [-0.4, -0.2) is 43.2 Å². The molecule has 116 valence electrons. The first kappa shape index (κ1) is 17.7. The summed E-state index contributed by atoms with van der Waals surface area (Å²) in [5, 5.41) is 0. The second kappa shape index (κ2) is 7.62. The number of carbonyl (C=O) groups is 2. The van der Waals surface area contributed by atoms with E-state index in [1.54, 1.807) is 12.1 Å². The number of amides is 1. The van der Waals surface area contributed by atoms with Crippen molar-refractivity contribution in [1.29, 1.82) is 0 Å². The van der Waals surface area contributed by atoms with Gasteiger partial charge in [0.15, 0.2) is 0 Å². The van der Waals surface area contributed by atoms with E-state index in [1.165, 1.54) is 12.1 Å². The third-order valence-electron chi connectivity index (χ3n) is 2.56. The summed E-state index contributed by atoms with van der Waals surface area (Å²) >= 11 is 2.02. The van der Waals surface area contributed by atoms with Crippen molar-refractivity contribution < 1.29 is 27.5 Å². The first-order valence-corrected chi connectivity index (χ1v) is 6.99. The van der Waals surface area contributed by atoms with E-state index in [9.17, 15) is 22.8 Å². The van der Waals surface area contributed by atoms with Gasteiger partial charge in [-0.3, -0.25) is 9.59 Å². The molecule has 0 N–H and O–H groups in total. The second-order valence-electron chi connectivity index (χ2n) is 4.17. The summed E-state index contributed by atoms with van der Waals surface area (Å²) in [5.74, 6) is -1.44. The van der Waals surface area contributed by atoms with Crippen LogP contribution < -0.4 is 0 Å². The number of halogens is 4. The first-order chi connectivity index (χ1) is 9.73. The summed E-state index contributed by atoms with van der Waals surface area (Å²) in [4.78, 5) is 23.7. The van der Waals surface area contributed by atoms with Crippen molar-refractivity contribution in [2.75, 3.05) is 20.2 Å². The molecular weight excluding hydrogens is 402 g/mol. The molecule has 0 aliphatic heterocycles. The molecule has 0 unspecified atom stereocenters. The van der Waals surface area contributed by atoms with Crippen molar-refractivity contribution in [2.24, 2.45) is 0 Å². The van der Waals surface area contributed by atoms with E-state index in [1.807, 2.05) is 22.6 Å². The van der Waals surface area contributed by atoms with Crippen molar-refractivity contribution in [3.05, 3.63) is 33.4 Å². The number of nitrogens with zero attached hydrogens (tertiary/aromatic N) is 1. The molecule has 4 nitrogen and oxygen atoms in total. The van der Waals surface area contributed by atoms with Gasteiger partial charge in [-0.25, -0.2) is 0 Å². The normalized spacial score (nSPS) is 11.1. The van der Waals surface area contributed by atoms with Gasteiger partial charge in [-0.05, 0) is 46.9 Å². The summed E-state index contributed by atoms with van der Waals surface area (Å²) in [6.45, 7) is -1.76. The minimum absolute atomic E-state index is 0.143. The molecule has 0 aliphatic rings. The molecule has 0 spiro atoms. The highest BCUT2D eigenvalue weighted by atomic mass is 127. The molecule has 0 atom stereocenters. The van der Waals surface area contributed by atoms with Crippen LogP contribution in [0.1, 0.15) is 16.8 Å². The number of alkyl halides is 3. The standard InChI is InChI=1S/C13H13F3INO3/c1-21-11(19)6-7-18(8-13(14,15)16)12(20)9-2-4-10(17)5-3-9/h2-5H,6-8H2,1H3. The smallest absolute Gasteiger partial charge is 0.406 e. The Morgan fingerprint density at radius 3 is 2.29 bits per heavy atom. The van der Waals surface area contributed by atoms with Gasteiger partial charge in [-0.1, -0.05) is 0 Å². The van der Waals surface area contributed by atoms with E-state index in [-0.39, 0.29) is 18.5 Å². The summed E-state index contributed by atoms with van der Waals surface area (Å²) in [7, 11) is 1.14.